The van der Waals surface area contributed by atoms with Crippen LogP contribution >= 0.6 is 15.9 Å². The summed E-state index contributed by atoms with van der Waals surface area (Å²) >= 11 is 3.07. The van der Waals surface area contributed by atoms with Crippen molar-refractivity contribution in [3.63, 3.8) is 0 Å². The van der Waals surface area contributed by atoms with Crippen LogP contribution in [0.2, 0.25) is 0 Å². The fourth-order valence-corrected chi connectivity index (χ4v) is 1.40. The fraction of sp³-hybridized carbons (Fsp3) is 0.250. The Labute approximate surface area is 78.9 Å². The van der Waals surface area contributed by atoms with Gasteiger partial charge in [0.05, 0.1) is 4.48 Å². The maximum Gasteiger partial charge on any atom is 0.267 e. The first-order valence-corrected chi connectivity index (χ1v) is 4.30. The smallest absolute Gasteiger partial charge is 0.267 e. The number of carbonyl (C=O) groups is 2. The van der Waals surface area contributed by atoms with Gasteiger partial charge in [0, 0.05) is 6.54 Å². The highest BCUT2D eigenvalue weighted by Gasteiger charge is 2.23. The molecule has 2 amide bonds. The molecule has 0 saturated heterocycles. The molecule has 0 aromatic carbocycles. The minimum absolute atomic E-state index is 0.286. The molecule has 0 N–H and O–H groups in total. The Morgan fingerprint density at radius 2 is 2.42 bits per heavy atom. The van der Waals surface area contributed by atoms with Crippen LogP contribution in [0.4, 0.5) is 0 Å². The molecule has 0 atom stereocenters. The second-order valence-corrected chi connectivity index (χ2v) is 3.19. The van der Waals surface area contributed by atoms with Gasteiger partial charge < -0.3 is 0 Å². The second kappa shape index (κ2) is 3.67. The van der Waals surface area contributed by atoms with Gasteiger partial charge in [0.25, 0.3) is 11.8 Å². The number of halogens is 1. The molecule has 0 radical (unpaired) electrons. The number of imide groups is 1. The molecule has 0 bridgehead atoms. The van der Waals surface area contributed by atoms with Crippen molar-refractivity contribution in [2.24, 2.45) is 0 Å². The van der Waals surface area contributed by atoms with Crippen molar-refractivity contribution in [2.45, 2.75) is 6.42 Å². The lowest BCUT2D eigenvalue weighted by atomic mass is 10.2. The third-order valence-corrected chi connectivity index (χ3v) is 2.23. The average Bonchev–Trinajstić information content (AvgIpc) is 2.08. The summed E-state index contributed by atoms with van der Waals surface area (Å²) in [5.74, 6) is -0.629. The molecule has 0 aromatic heterocycles. The predicted molar refractivity (Wildman–Crippen MR) is 48.5 cm³/mol. The zero-order valence-electron chi connectivity index (χ0n) is 6.42. The Balaban J connectivity index is 2.82. The van der Waals surface area contributed by atoms with Crippen LogP contribution in [0.1, 0.15) is 6.42 Å². The first-order valence-electron chi connectivity index (χ1n) is 3.50. The number of rotatable bonds is 1. The van der Waals surface area contributed by atoms with Crippen LogP contribution in [0.5, 0.6) is 0 Å². The lowest BCUT2D eigenvalue weighted by molar-refractivity contribution is -0.139. The van der Waals surface area contributed by atoms with Crippen molar-refractivity contribution in [3.05, 3.63) is 23.2 Å². The van der Waals surface area contributed by atoms with Crippen molar-refractivity contribution in [3.8, 4) is 0 Å². The second-order valence-electron chi connectivity index (χ2n) is 2.34. The van der Waals surface area contributed by atoms with Crippen molar-refractivity contribution >= 4 is 27.7 Å². The third kappa shape index (κ3) is 1.64. The predicted octanol–water partition coefficient (Wildman–Crippen LogP) is 1.21. The van der Waals surface area contributed by atoms with E-state index < -0.39 is 0 Å². The zero-order valence-corrected chi connectivity index (χ0v) is 8.00. The largest absolute Gasteiger partial charge is 0.274 e. The maximum atomic E-state index is 11.3. The van der Waals surface area contributed by atoms with Crippen LogP contribution < -0.4 is 0 Å². The van der Waals surface area contributed by atoms with E-state index >= 15 is 0 Å². The summed E-state index contributed by atoms with van der Waals surface area (Å²) in [6.07, 6.45) is 3.60. The van der Waals surface area contributed by atoms with Gasteiger partial charge in [0.2, 0.25) is 0 Å². The Morgan fingerprint density at radius 1 is 1.75 bits per heavy atom. The standard InChI is InChI=1S/C8H8BrNO2/c1-2-7(11)10-5-3-4-6(9)8(10)12/h2,4H,1,3,5H2. The molecule has 1 aliphatic heterocycles. The quantitative estimate of drug-likeness (QED) is 0.635. The van der Waals surface area contributed by atoms with E-state index in [1.165, 1.54) is 0 Å². The minimum atomic E-state index is -0.343. The van der Waals surface area contributed by atoms with E-state index in [1.54, 1.807) is 6.08 Å². The normalized spacial score (nSPS) is 17.2. The van der Waals surface area contributed by atoms with Crippen molar-refractivity contribution in [1.29, 1.82) is 0 Å². The summed E-state index contributed by atoms with van der Waals surface area (Å²) in [5, 5.41) is 0. The van der Waals surface area contributed by atoms with Gasteiger partial charge in [0.1, 0.15) is 0 Å². The molecule has 0 aromatic rings. The summed E-state index contributed by atoms with van der Waals surface area (Å²) in [4.78, 5) is 23.5. The molecule has 0 spiro atoms. The summed E-state index contributed by atoms with van der Waals surface area (Å²) in [6, 6.07) is 0. The van der Waals surface area contributed by atoms with Gasteiger partial charge in [0.15, 0.2) is 0 Å². The van der Waals surface area contributed by atoms with Gasteiger partial charge in [-0.1, -0.05) is 12.7 Å². The summed E-state index contributed by atoms with van der Waals surface area (Å²) in [5.41, 5.74) is 0. The lowest BCUT2D eigenvalue weighted by Gasteiger charge is -2.21. The molecule has 1 heterocycles. The molecule has 0 aliphatic carbocycles. The Morgan fingerprint density at radius 3 is 3.00 bits per heavy atom. The van der Waals surface area contributed by atoms with E-state index in [4.69, 9.17) is 0 Å². The van der Waals surface area contributed by atoms with E-state index in [9.17, 15) is 9.59 Å². The van der Waals surface area contributed by atoms with Gasteiger partial charge in [-0.3, -0.25) is 14.5 Å². The number of amides is 2. The van der Waals surface area contributed by atoms with Gasteiger partial charge in [-0.2, -0.15) is 0 Å². The Kier molecular flexibility index (Phi) is 2.81. The molecule has 0 unspecified atom stereocenters. The molecule has 3 nitrogen and oxygen atoms in total. The summed E-state index contributed by atoms with van der Waals surface area (Å²) < 4.78 is 0.448. The lowest BCUT2D eigenvalue weighted by Crippen LogP contribution is -2.38. The molecule has 0 fully saturated rings. The van der Waals surface area contributed by atoms with Gasteiger partial charge in [-0.05, 0) is 28.4 Å². The van der Waals surface area contributed by atoms with Gasteiger partial charge in [-0.15, -0.1) is 0 Å². The number of carbonyl (C=O) groups excluding carboxylic acids is 2. The molecule has 12 heavy (non-hydrogen) atoms. The number of nitrogens with zero attached hydrogens (tertiary/aromatic N) is 1. The first kappa shape index (κ1) is 9.19. The molecular formula is C8H8BrNO2. The van der Waals surface area contributed by atoms with E-state index in [0.717, 1.165) is 11.0 Å². The number of hydrogen-bond acceptors (Lipinski definition) is 2. The topological polar surface area (TPSA) is 37.4 Å². The van der Waals surface area contributed by atoms with Crippen molar-refractivity contribution in [2.75, 3.05) is 6.54 Å². The van der Waals surface area contributed by atoms with E-state index in [1.807, 2.05) is 0 Å². The van der Waals surface area contributed by atoms with Gasteiger partial charge >= 0.3 is 0 Å². The first-order chi connectivity index (χ1) is 5.66. The van der Waals surface area contributed by atoms with Crippen LogP contribution in [0, 0.1) is 0 Å². The van der Waals surface area contributed by atoms with Crippen LogP contribution in [0.3, 0.4) is 0 Å². The van der Waals surface area contributed by atoms with Crippen molar-refractivity contribution in [1.82, 2.24) is 4.90 Å². The highest BCUT2D eigenvalue weighted by Crippen LogP contribution is 2.16. The fourth-order valence-electron chi connectivity index (χ4n) is 0.959. The molecule has 4 heteroatoms. The van der Waals surface area contributed by atoms with Gasteiger partial charge in [-0.25, -0.2) is 0 Å². The average molecular weight is 230 g/mol. The maximum absolute atomic E-state index is 11.3. The molecule has 0 saturated carbocycles. The van der Waals surface area contributed by atoms with Crippen LogP contribution in [0.15, 0.2) is 23.2 Å². The molecule has 1 aliphatic rings. The number of hydrogen-bond donors (Lipinski definition) is 0. The van der Waals surface area contributed by atoms with Crippen LogP contribution in [0.25, 0.3) is 0 Å². The zero-order chi connectivity index (χ0) is 9.14. The highest BCUT2D eigenvalue weighted by molar-refractivity contribution is 9.12. The summed E-state index contributed by atoms with van der Waals surface area (Å²) in [7, 11) is 0. The SMILES string of the molecule is C=CC(=O)N1CCC=C(Br)C1=O. The third-order valence-electron chi connectivity index (χ3n) is 1.57. The Hall–Kier alpha value is -0.900. The van der Waals surface area contributed by atoms with Crippen molar-refractivity contribution < 1.29 is 9.59 Å². The highest BCUT2D eigenvalue weighted by atomic mass is 79.9. The van der Waals surface area contributed by atoms with Crippen LogP contribution in [-0.2, 0) is 9.59 Å². The van der Waals surface area contributed by atoms with E-state index in [0.29, 0.717) is 17.4 Å². The van der Waals surface area contributed by atoms with E-state index in [-0.39, 0.29) is 11.8 Å². The monoisotopic (exact) mass is 229 g/mol. The Bertz CT molecular complexity index is 270. The van der Waals surface area contributed by atoms with E-state index in [2.05, 4.69) is 22.5 Å². The molecule has 1 rings (SSSR count). The summed E-state index contributed by atoms with van der Waals surface area (Å²) in [6.45, 7) is 3.76. The minimum Gasteiger partial charge on any atom is -0.274 e. The molecular weight excluding hydrogens is 222 g/mol. The van der Waals surface area contributed by atoms with Crippen LogP contribution in [-0.4, -0.2) is 23.3 Å². The molecule has 64 valence electrons.